The van der Waals surface area contributed by atoms with Gasteiger partial charge in [0.2, 0.25) is 5.91 Å². The number of nitrogens with zero attached hydrogens (tertiary/aromatic N) is 2. The topological polar surface area (TPSA) is 84.2 Å². The molecule has 1 unspecified atom stereocenters. The molecule has 4 heterocycles. The summed E-state index contributed by atoms with van der Waals surface area (Å²) >= 11 is 1.70. The van der Waals surface area contributed by atoms with Crippen molar-refractivity contribution < 1.29 is 18.7 Å². The number of thiophene rings is 1. The Morgan fingerprint density at radius 1 is 0.854 bits per heavy atom. The molecule has 1 N–H and O–H groups in total. The van der Waals surface area contributed by atoms with Crippen LogP contribution in [0.15, 0.2) is 69.9 Å². The Morgan fingerprint density at radius 3 is 2.34 bits per heavy atom. The fraction of sp³-hybridized carbons (Fsp3) is 0.312. The van der Waals surface area contributed by atoms with Gasteiger partial charge in [0, 0.05) is 69.2 Å². The summed E-state index contributed by atoms with van der Waals surface area (Å²) in [5.74, 6) is 0.557. The Bertz CT molecular complexity index is 1820. The normalized spacial score (nSPS) is 17.3. The highest BCUT2D eigenvalue weighted by Gasteiger charge is 2.24. The minimum atomic E-state index is -0.233. The second kappa shape index (κ2) is 10.9. The number of anilines is 2. The van der Waals surface area contributed by atoms with Crippen LogP contribution in [0.25, 0.3) is 42.3 Å². The molecule has 3 aromatic carbocycles. The quantitative estimate of drug-likeness (QED) is 0.307. The average Bonchev–Trinajstić information content (AvgIpc) is 3.39. The number of amides is 1. The van der Waals surface area contributed by atoms with Gasteiger partial charge in [0.1, 0.15) is 5.58 Å². The lowest BCUT2D eigenvalue weighted by atomic mass is 10.0. The van der Waals surface area contributed by atoms with E-state index in [0.29, 0.717) is 56.4 Å². The van der Waals surface area contributed by atoms with Gasteiger partial charge in [-0.2, -0.15) is 0 Å². The lowest BCUT2D eigenvalue weighted by molar-refractivity contribution is -0.122. The predicted molar refractivity (Wildman–Crippen MR) is 164 cm³/mol. The van der Waals surface area contributed by atoms with Gasteiger partial charge in [0.05, 0.1) is 37.9 Å². The highest BCUT2D eigenvalue weighted by molar-refractivity contribution is 7.26. The van der Waals surface area contributed by atoms with Gasteiger partial charge in [-0.15, -0.1) is 11.3 Å². The van der Waals surface area contributed by atoms with E-state index >= 15 is 0 Å². The standard InChI is InChI=1S/C32H31N3O5S/c1-20(34-10-14-38-15-11-34)32(37)33-21-8-9-28-26(18-21)24-6-3-5-23(31(24)41-28)22-4-2-7-25-27(36)19-29(40-30(22)25)35-12-16-39-17-13-35/h2-9,18-20H,10-17H2,1H3,(H,33,37). The molecule has 1 atom stereocenters. The fourth-order valence-electron chi connectivity index (χ4n) is 5.78. The number of morpholine rings is 2. The van der Waals surface area contributed by atoms with Crippen LogP contribution in [0.2, 0.25) is 0 Å². The van der Waals surface area contributed by atoms with Crippen molar-refractivity contribution in [2.75, 3.05) is 62.8 Å². The summed E-state index contributed by atoms with van der Waals surface area (Å²) in [6.45, 7) is 7.36. The summed E-state index contributed by atoms with van der Waals surface area (Å²) in [4.78, 5) is 30.4. The van der Waals surface area contributed by atoms with E-state index in [1.54, 1.807) is 17.4 Å². The predicted octanol–water partition coefficient (Wildman–Crippen LogP) is 5.32. The number of carbonyl (C=O) groups is 1. The zero-order valence-corrected chi connectivity index (χ0v) is 23.7. The minimum Gasteiger partial charge on any atom is -0.440 e. The van der Waals surface area contributed by atoms with Crippen molar-refractivity contribution >= 4 is 60.0 Å². The molecule has 2 aliphatic rings. The molecule has 0 radical (unpaired) electrons. The Labute approximate surface area is 241 Å². The first kappa shape index (κ1) is 26.2. The van der Waals surface area contributed by atoms with E-state index in [4.69, 9.17) is 13.9 Å². The lowest BCUT2D eigenvalue weighted by Crippen LogP contribution is -2.47. The summed E-state index contributed by atoms with van der Waals surface area (Å²) in [5.41, 5.74) is 3.23. The molecule has 0 saturated carbocycles. The van der Waals surface area contributed by atoms with Gasteiger partial charge < -0.3 is 24.1 Å². The van der Waals surface area contributed by atoms with Crippen LogP contribution in [0, 0.1) is 0 Å². The molecule has 210 valence electrons. The van der Waals surface area contributed by atoms with Crippen molar-refractivity contribution in [1.29, 1.82) is 0 Å². The van der Waals surface area contributed by atoms with Gasteiger partial charge in [-0.3, -0.25) is 14.5 Å². The summed E-state index contributed by atoms with van der Waals surface area (Å²) in [6, 6.07) is 19.4. The maximum absolute atomic E-state index is 13.1. The molecule has 0 spiro atoms. The van der Waals surface area contributed by atoms with Crippen LogP contribution in [-0.2, 0) is 14.3 Å². The molecular formula is C32H31N3O5S. The molecule has 9 heteroatoms. The number of rotatable bonds is 5. The molecule has 41 heavy (non-hydrogen) atoms. The molecule has 7 rings (SSSR count). The van der Waals surface area contributed by atoms with Gasteiger partial charge in [-0.05, 0) is 31.2 Å². The maximum atomic E-state index is 13.1. The summed E-state index contributed by atoms with van der Waals surface area (Å²) in [5, 5.41) is 5.87. The molecule has 0 aliphatic carbocycles. The fourth-order valence-corrected chi connectivity index (χ4v) is 6.99. The van der Waals surface area contributed by atoms with Crippen LogP contribution < -0.4 is 15.6 Å². The van der Waals surface area contributed by atoms with E-state index in [0.717, 1.165) is 50.1 Å². The molecular weight excluding hydrogens is 538 g/mol. The Balaban J connectivity index is 1.27. The maximum Gasteiger partial charge on any atom is 0.241 e. The zero-order chi connectivity index (χ0) is 27.9. The van der Waals surface area contributed by atoms with Crippen molar-refractivity contribution in [3.8, 4) is 11.1 Å². The van der Waals surface area contributed by atoms with Crippen molar-refractivity contribution in [2.24, 2.45) is 0 Å². The second-order valence-corrected chi connectivity index (χ2v) is 11.6. The Kier molecular flexibility index (Phi) is 6.96. The number of nitrogens with one attached hydrogen (secondary N) is 1. The Morgan fingerprint density at radius 2 is 1.56 bits per heavy atom. The van der Waals surface area contributed by atoms with Gasteiger partial charge in [0.15, 0.2) is 11.3 Å². The zero-order valence-electron chi connectivity index (χ0n) is 22.9. The third-order valence-electron chi connectivity index (χ3n) is 8.09. The van der Waals surface area contributed by atoms with Crippen molar-refractivity contribution in [3.05, 3.63) is 70.9 Å². The van der Waals surface area contributed by atoms with E-state index in [9.17, 15) is 9.59 Å². The highest BCUT2D eigenvalue weighted by atomic mass is 32.1. The molecule has 5 aromatic rings. The number of carbonyl (C=O) groups excluding carboxylic acids is 1. The number of benzene rings is 3. The first-order valence-electron chi connectivity index (χ1n) is 14.0. The third kappa shape index (κ3) is 4.89. The molecule has 2 fully saturated rings. The molecule has 2 saturated heterocycles. The van der Waals surface area contributed by atoms with Crippen molar-refractivity contribution in [1.82, 2.24) is 4.90 Å². The smallest absolute Gasteiger partial charge is 0.241 e. The van der Waals surface area contributed by atoms with Crippen LogP contribution in [0.3, 0.4) is 0 Å². The molecule has 1 amide bonds. The number of fused-ring (bicyclic) bond motifs is 4. The van der Waals surface area contributed by atoms with Gasteiger partial charge in [-0.1, -0.05) is 30.3 Å². The number of para-hydroxylation sites is 1. The van der Waals surface area contributed by atoms with Crippen LogP contribution >= 0.6 is 11.3 Å². The van der Waals surface area contributed by atoms with Gasteiger partial charge >= 0.3 is 0 Å². The first-order valence-corrected chi connectivity index (χ1v) is 14.9. The van der Waals surface area contributed by atoms with E-state index in [1.807, 2.05) is 37.3 Å². The third-order valence-corrected chi connectivity index (χ3v) is 9.31. The van der Waals surface area contributed by atoms with Crippen LogP contribution in [0.1, 0.15) is 6.92 Å². The molecule has 2 aromatic heterocycles. The van der Waals surface area contributed by atoms with Crippen molar-refractivity contribution in [2.45, 2.75) is 13.0 Å². The monoisotopic (exact) mass is 569 g/mol. The van der Waals surface area contributed by atoms with Gasteiger partial charge in [-0.25, -0.2) is 0 Å². The number of hydrogen-bond acceptors (Lipinski definition) is 8. The van der Waals surface area contributed by atoms with Crippen molar-refractivity contribution in [3.63, 3.8) is 0 Å². The van der Waals surface area contributed by atoms with E-state index < -0.39 is 0 Å². The van der Waals surface area contributed by atoms with Gasteiger partial charge in [0.25, 0.3) is 0 Å². The minimum absolute atomic E-state index is 0.0201. The molecule has 8 nitrogen and oxygen atoms in total. The first-order chi connectivity index (χ1) is 20.1. The van der Waals surface area contributed by atoms with E-state index in [1.165, 1.54) is 0 Å². The largest absolute Gasteiger partial charge is 0.440 e. The number of hydrogen-bond donors (Lipinski definition) is 1. The summed E-state index contributed by atoms with van der Waals surface area (Å²) in [7, 11) is 0. The van der Waals surface area contributed by atoms with Crippen LogP contribution in [-0.4, -0.2) is 69.5 Å². The second-order valence-electron chi connectivity index (χ2n) is 10.5. The summed E-state index contributed by atoms with van der Waals surface area (Å²) < 4.78 is 19.6. The Hall–Kier alpha value is -3.76. The van der Waals surface area contributed by atoms with Crippen LogP contribution in [0.5, 0.6) is 0 Å². The highest BCUT2D eigenvalue weighted by Crippen LogP contribution is 2.42. The van der Waals surface area contributed by atoms with Crippen LogP contribution in [0.4, 0.5) is 11.6 Å². The average molecular weight is 570 g/mol. The van der Waals surface area contributed by atoms with E-state index in [-0.39, 0.29) is 17.4 Å². The number of ether oxygens (including phenoxy) is 2. The molecule has 0 bridgehead atoms. The summed E-state index contributed by atoms with van der Waals surface area (Å²) in [6.07, 6.45) is 0. The van der Waals surface area contributed by atoms with E-state index in [2.05, 4.69) is 39.4 Å². The lowest BCUT2D eigenvalue weighted by Gasteiger charge is -2.31. The SMILES string of the molecule is CC(C(=O)Nc1ccc2sc3c(-c4cccc5c(=O)cc(N6CCOCC6)oc45)cccc3c2c1)N1CCOCC1. The molecule has 2 aliphatic heterocycles.